The average Bonchev–Trinajstić information content (AvgIpc) is 2.65. The monoisotopic (exact) mass is 417 g/mol. The Morgan fingerprint density at radius 2 is 1.85 bits per heavy atom. The van der Waals surface area contributed by atoms with Crippen molar-refractivity contribution >= 4 is 36.4 Å². The van der Waals surface area contributed by atoms with Gasteiger partial charge in [0.1, 0.15) is 6.61 Å². The van der Waals surface area contributed by atoms with Gasteiger partial charge in [0.25, 0.3) is 0 Å². The van der Waals surface area contributed by atoms with Crippen LogP contribution in [-0.2, 0) is 16.1 Å². The topological polar surface area (TPSA) is 95.7 Å². The van der Waals surface area contributed by atoms with E-state index >= 15 is 0 Å². The predicted octanol–water partition coefficient (Wildman–Crippen LogP) is 2.82. The SMILES string of the molecule is COc1ccc(NC(=O)CC(CN)OC)cc1OCc1ccncc1.Cl.Cl. The zero-order valence-corrected chi connectivity index (χ0v) is 16.8. The maximum absolute atomic E-state index is 12.1. The number of halogens is 2. The summed E-state index contributed by atoms with van der Waals surface area (Å²) in [5.74, 6) is 0.950. The second-order valence-electron chi connectivity index (χ2n) is 5.36. The van der Waals surface area contributed by atoms with E-state index in [0.29, 0.717) is 23.8 Å². The molecule has 27 heavy (non-hydrogen) atoms. The van der Waals surface area contributed by atoms with Crippen molar-refractivity contribution in [2.24, 2.45) is 5.73 Å². The molecule has 0 aliphatic rings. The third kappa shape index (κ3) is 8.01. The van der Waals surface area contributed by atoms with E-state index in [1.165, 1.54) is 7.11 Å². The molecule has 0 bridgehead atoms. The molecular weight excluding hydrogens is 393 g/mol. The smallest absolute Gasteiger partial charge is 0.227 e. The van der Waals surface area contributed by atoms with E-state index in [-0.39, 0.29) is 49.8 Å². The molecule has 0 saturated heterocycles. The van der Waals surface area contributed by atoms with Crippen molar-refractivity contribution in [2.75, 3.05) is 26.1 Å². The Hall–Kier alpha value is -2.06. The van der Waals surface area contributed by atoms with Crippen LogP contribution in [0.2, 0.25) is 0 Å². The van der Waals surface area contributed by atoms with Crippen LogP contribution in [0.25, 0.3) is 0 Å². The predicted molar refractivity (Wildman–Crippen MR) is 109 cm³/mol. The van der Waals surface area contributed by atoms with Crippen LogP contribution in [0.4, 0.5) is 5.69 Å². The van der Waals surface area contributed by atoms with Crippen LogP contribution in [0.3, 0.4) is 0 Å². The Kier molecular flexibility index (Phi) is 12.2. The summed E-state index contributed by atoms with van der Waals surface area (Å²) >= 11 is 0. The molecule has 2 rings (SSSR count). The molecule has 1 amide bonds. The number of ether oxygens (including phenoxy) is 3. The van der Waals surface area contributed by atoms with E-state index in [2.05, 4.69) is 10.3 Å². The fourth-order valence-electron chi connectivity index (χ4n) is 2.19. The third-order valence-corrected chi connectivity index (χ3v) is 3.60. The van der Waals surface area contributed by atoms with Gasteiger partial charge in [-0.25, -0.2) is 0 Å². The second-order valence-corrected chi connectivity index (χ2v) is 5.36. The van der Waals surface area contributed by atoms with Crippen LogP contribution in [0.15, 0.2) is 42.7 Å². The highest BCUT2D eigenvalue weighted by atomic mass is 35.5. The summed E-state index contributed by atoms with van der Waals surface area (Å²) < 4.78 is 16.2. The number of amides is 1. The number of hydrogen-bond donors (Lipinski definition) is 2. The number of aromatic nitrogens is 1. The van der Waals surface area contributed by atoms with Crippen molar-refractivity contribution in [1.82, 2.24) is 4.98 Å². The fraction of sp³-hybridized carbons (Fsp3) is 0.333. The molecule has 1 aromatic heterocycles. The van der Waals surface area contributed by atoms with Crippen molar-refractivity contribution in [2.45, 2.75) is 19.1 Å². The first-order valence-corrected chi connectivity index (χ1v) is 7.88. The van der Waals surface area contributed by atoms with E-state index in [9.17, 15) is 4.79 Å². The molecule has 3 N–H and O–H groups in total. The molecule has 0 radical (unpaired) electrons. The average molecular weight is 418 g/mol. The highest BCUT2D eigenvalue weighted by Gasteiger charge is 2.13. The molecule has 1 atom stereocenters. The van der Waals surface area contributed by atoms with Gasteiger partial charge in [0, 0.05) is 37.8 Å². The van der Waals surface area contributed by atoms with Crippen LogP contribution in [-0.4, -0.2) is 37.8 Å². The molecule has 1 heterocycles. The van der Waals surface area contributed by atoms with Gasteiger partial charge in [0.2, 0.25) is 5.91 Å². The van der Waals surface area contributed by atoms with E-state index in [4.69, 9.17) is 19.9 Å². The van der Waals surface area contributed by atoms with E-state index in [0.717, 1.165) is 5.56 Å². The molecule has 1 unspecified atom stereocenters. The third-order valence-electron chi connectivity index (χ3n) is 3.60. The van der Waals surface area contributed by atoms with E-state index in [1.807, 2.05) is 12.1 Å². The van der Waals surface area contributed by atoms with Gasteiger partial charge in [-0.3, -0.25) is 9.78 Å². The second kappa shape index (κ2) is 13.2. The van der Waals surface area contributed by atoms with Crippen molar-refractivity contribution in [3.05, 3.63) is 48.3 Å². The maximum atomic E-state index is 12.1. The molecule has 0 spiro atoms. The lowest BCUT2D eigenvalue weighted by Gasteiger charge is -2.15. The molecule has 0 aliphatic carbocycles. The number of pyridine rings is 1. The molecule has 0 fully saturated rings. The minimum atomic E-state index is -0.305. The molecule has 2 aromatic rings. The first-order valence-electron chi connectivity index (χ1n) is 7.88. The first-order chi connectivity index (χ1) is 12.2. The number of nitrogens with one attached hydrogen (secondary N) is 1. The van der Waals surface area contributed by atoms with Gasteiger partial charge in [-0.2, -0.15) is 0 Å². The molecule has 9 heteroatoms. The van der Waals surface area contributed by atoms with Gasteiger partial charge >= 0.3 is 0 Å². The van der Waals surface area contributed by atoms with Crippen molar-refractivity contribution in [3.8, 4) is 11.5 Å². The van der Waals surface area contributed by atoms with Crippen LogP contribution in [0, 0.1) is 0 Å². The Morgan fingerprint density at radius 1 is 1.15 bits per heavy atom. The minimum Gasteiger partial charge on any atom is -0.493 e. The number of methoxy groups -OCH3 is 2. The van der Waals surface area contributed by atoms with Gasteiger partial charge in [0.15, 0.2) is 11.5 Å². The quantitative estimate of drug-likeness (QED) is 0.650. The molecule has 150 valence electrons. The Morgan fingerprint density at radius 3 is 2.44 bits per heavy atom. The summed E-state index contributed by atoms with van der Waals surface area (Å²) in [5.41, 5.74) is 7.13. The number of nitrogens with two attached hydrogens (primary N) is 1. The lowest BCUT2D eigenvalue weighted by atomic mass is 10.2. The van der Waals surface area contributed by atoms with Gasteiger partial charge < -0.3 is 25.3 Å². The maximum Gasteiger partial charge on any atom is 0.227 e. The van der Waals surface area contributed by atoms with Crippen LogP contribution >= 0.6 is 24.8 Å². The summed E-state index contributed by atoms with van der Waals surface area (Å²) in [5, 5.41) is 2.81. The highest BCUT2D eigenvalue weighted by Crippen LogP contribution is 2.31. The van der Waals surface area contributed by atoms with Gasteiger partial charge in [-0.1, -0.05) is 0 Å². The Bertz CT molecular complexity index is 686. The van der Waals surface area contributed by atoms with Gasteiger partial charge in [-0.15, -0.1) is 24.8 Å². The van der Waals surface area contributed by atoms with Crippen molar-refractivity contribution in [1.29, 1.82) is 0 Å². The van der Waals surface area contributed by atoms with Crippen molar-refractivity contribution in [3.63, 3.8) is 0 Å². The minimum absolute atomic E-state index is 0. The lowest BCUT2D eigenvalue weighted by Crippen LogP contribution is -2.28. The Balaban J connectivity index is 0.00000338. The first kappa shape index (κ1) is 24.9. The number of carbonyl (C=O) groups is 1. The van der Waals surface area contributed by atoms with Crippen LogP contribution in [0.1, 0.15) is 12.0 Å². The summed E-state index contributed by atoms with van der Waals surface area (Å²) in [7, 11) is 3.10. The molecule has 0 saturated carbocycles. The van der Waals surface area contributed by atoms with Crippen LogP contribution < -0.4 is 20.5 Å². The highest BCUT2D eigenvalue weighted by molar-refractivity contribution is 5.91. The number of anilines is 1. The van der Waals surface area contributed by atoms with Gasteiger partial charge in [0.05, 0.1) is 19.6 Å². The summed E-state index contributed by atoms with van der Waals surface area (Å²) in [6, 6.07) is 8.96. The molecule has 0 aliphatic heterocycles. The normalized spacial score (nSPS) is 10.8. The van der Waals surface area contributed by atoms with Crippen LogP contribution in [0.5, 0.6) is 11.5 Å². The molecule has 7 nitrogen and oxygen atoms in total. The summed E-state index contributed by atoms with van der Waals surface area (Å²) in [6.45, 7) is 0.655. The number of benzene rings is 1. The Labute approximate surface area is 171 Å². The van der Waals surface area contributed by atoms with E-state index in [1.54, 1.807) is 37.7 Å². The number of hydrogen-bond acceptors (Lipinski definition) is 6. The zero-order chi connectivity index (χ0) is 18.1. The number of rotatable bonds is 9. The number of carbonyl (C=O) groups excluding carboxylic acids is 1. The van der Waals surface area contributed by atoms with Gasteiger partial charge in [-0.05, 0) is 29.8 Å². The van der Waals surface area contributed by atoms with E-state index < -0.39 is 0 Å². The number of nitrogens with zero attached hydrogens (tertiary/aromatic N) is 1. The summed E-state index contributed by atoms with van der Waals surface area (Å²) in [4.78, 5) is 16.0. The molecule has 1 aromatic carbocycles. The molecular formula is C18H25Cl2N3O4. The fourth-order valence-corrected chi connectivity index (χ4v) is 2.19. The summed E-state index contributed by atoms with van der Waals surface area (Å²) in [6.07, 6.45) is 3.29. The largest absolute Gasteiger partial charge is 0.493 e. The standard InChI is InChI=1S/C18H23N3O4.2ClH/c1-23-15(11-19)10-18(22)21-14-3-4-16(24-2)17(9-14)25-12-13-5-7-20-8-6-13;;/h3-9,15H,10-12,19H2,1-2H3,(H,21,22);2*1H. The lowest BCUT2D eigenvalue weighted by molar-refractivity contribution is -0.118. The van der Waals surface area contributed by atoms with Crippen molar-refractivity contribution < 1.29 is 19.0 Å². The zero-order valence-electron chi connectivity index (χ0n) is 15.2.